The van der Waals surface area contributed by atoms with Gasteiger partial charge in [0.25, 0.3) is 0 Å². The average Bonchev–Trinajstić information content (AvgIpc) is 2.66. The summed E-state index contributed by atoms with van der Waals surface area (Å²) in [5.74, 6) is 0. The summed E-state index contributed by atoms with van der Waals surface area (Å²) in [5.41, 5.74) is 1.95. The number of halogens is 1. The Bertz CT molecular complexity index is 427. The second kappa shape index (κ2) is 4.73. The largest absolute Gasteiger partial charge is 0.261 e. The van der Waals surface area contributed by atoms with E-state index in [1.165, 1.54) is 0 Å². The van der Waals surface area contributed by atoms with Crippen LogP contribution in [0.2, 0.25) is 0 Å². The molecule has 2 rings (SSSR count). The molecule has 0 spiro atoms. The van der Waals surface area contributed by atoms with Crippen LogP contribution in [0.4, 0.5) is 0 Å². The minimum Gasteiger partial charge on any atom is -0.261 e. The number of rotatable bonds is 3. The number of aryl methyl sites for hydroxylation is 1. The molecule has 4 heteroatoms. The van der Waals surface area contributed by atoms with Crippen molar-refractivity contribution in [1.82, 2.24) is 9.97 Å². The lowest BCUT2D eigenvalue weighted by atomic mass is 10.2. The monoisotopic (exact) mass is 238 g/mol. The standard InChI is InChI=1S/C11H11ClN2S/c1-8-14-11(7-15-8)10(12)6-9-4-2-3-5-13-9/h2-5,7,10H,6H2,1H3. The smallest absolute Gasteiger partial charge is 0.0897 e. The Morgan fingerprint density at radius 2 is 2.33 bits per heavy atom. The molecule has 0 fully saturated rings. The molecule has 0 aliphatic heterocycles. The van der Waals surface area contributed by atoms with Gasteiger partial charge in [-0.1, -0.05) is 6.07 Å². The van der Waals surface area contributed by atoms with Crippen LogP contribution >= 0.6 is 22.9 Å². The van der Waals surface area contributed by atoms with E-state index in [4.69, 9.17) is 11.6 Å². The third-order valence-corrected chi connectivity index (χ3v) is 3.24. The molecule has 2 aromatic rings. The number of nitrogens with zero attached hydrogens (tertiary/aromatic N) is 2. The lowest BCUT2D eigenvalue weighted by molar-refractivity contribution is 0.853. The van der Waals surface area contributed by atoms with Crippen molar-refractivity contribution in [2.75, 3.05) is 0 Å². The zero-order chi connectivity index (χ0) is 10.7. The van der Waals surface area contributed by atoms with Gasteiger partial charge < -0.3 is 0 Å². The van der Waals surface area contributed by atoms with E-state index in [2.05, 4.69) is 9.97 Å². The minimum absolute atomic E-state index is 0.0788. The van der Waals surface area contributed by atoms with Crippen molar-refractivity contribution in [2.24, 2.45) is 0 Å². The number of thiazole rings is 1. The Balaban J connectivity index is 2.07. The molecule has 0 amide bonds. The van der Waals surface area contributed by atoms with Crippen LogP contribution in [0, 0.1) is 6.92 Å². The van der Waals surface area contributed by atoms with Crippen molar-refractivity contribution in [3.8, 4) is 0 Å². The van der Waals surface area contributed by atoms with Gasteiger partial charge >= 0.3 is 0 Å². The number of aromatic nitrogens is 2. The van der Waals surface area contributed by atoms with Gasteiger partial charge in [-0.25, -0.2) is 4.98 Å². The SMILES string of the molecule is Cc1nc(C(Cl)Cc2ccccn2)cs1. The Morgan fingerprint density at radius 3 is 2.93 bits per heavy atom. The van der Waals surface area contributed by atoms with Crippen molar-refractivity contribution >= 4 is 22.9 Å². The first kappa shape index (κ1) is 10.6. The molecule has 1 atom stereocenters. The topological polar surface area (TPSA) is 25.8 Å². The van der Waals surface area contributed by atoms with Gasteiger partial charge in [-0.3, -0.25) is 4.98 Å². The van der Waals surface area contributed by atoms with Crippen LogP contribution < -0.4 is 0 Å². The van der Waals surface area contributed by atoms with Crippen LogP contribution in [-0.4, -0.2) is 9.97 Å². The fourth-order valence-corrected chi connectivity index (χ4v) is 2.34. The van der Waals surface area contributed by atoms with Gasteiger partial charge in [-0.2, -0.15) is 0 Å². The molecule has 2 aromatic heterocycles. The zero-order valence-electron chi connectivity index (χ0n) is 8.35. The summed E-state index contributed by atoms with van der Waals surface area (Å²) in [7, 11) is 0. The molecule has 2 nitrogen and oxygen atoms in total. The molecular formula is C11H11ClN2S. The molecule has 0 aromatic carbocycles. The van der Waals surface area contributed by atoms with Crippen LogP contribution in [0.15, 0.2) is 29.8 Å². The summed E-state index contributed by atoms with van der Waals surface area (Å²) < 4.78 is 0. The summed E-state index contributed by atoms with van der Waals surface area (Å²) in [6, 6.07) is 5.85. The summed E-state index contributed by atoms with van der Waals surface area (Å²) in [6.07, 6.45) is 2.51. The van der Waals surface area contributed by atoms with Crippen molar-refractivity contribution in [3.05, 3.63) is 46.2 Å². The zero-order valence-corrected chi connectivity index (χ0v) is 9.92. The first-order chi connectivity index (χ1) is 7.25. The normalized spacial score (nSPS) is 12.7. The van der Waals surface area contributed by atoms with Crippen molar-refractivity contribution in [1.29, 1.82) is 0 Å². The first-order valence-electron chi connectivity index (χ1n) is 4.71. The minimum atomic E-state index is -0.0788. The van der Waals surface area contributed by atoms with Gasteiger partial charge in [0.15, 0.2) is 0 Å². The van der Waals surface area contributed by atoms with Gasteiger partial charge in [0, 0.05) is 23.7 Å². The van der Waals surface area contributed by atoms with Gasteiger partial charge in [-0.05, 0) is 19.1 Å². The highest BCUT2D eigenvalue weighted by atomic mass is 35.5. The highest BCUT2D eigenvalue weighted by Gasteiger charge is 2.12. The molecule has 1 unspecified atom stereocenters. The molecule has 0 saturated carbocycles. The third kappa shape index (κ3) is 2.76. The van der Waals surface area contributed by atoms with Crippen molar-refractivity contribution < 1.29 is 0 Å². The van der Waals surface area contributed by atoms with E-state index in [-0.39, 0.29) is 5.38 Å². The summed E-state index contributed by atoms with van der Waals surface area (Å²) >= 11 is 7.89. The Morgan fingerprint density at radius 1 is 1.47 bits per heavy atom. The maximum Gasteiger partial charge on any atom is 0.0897 e. The molecule has 78 valence electrons. The van der Waals surface area contributed by atoms with E-state index in [1.807, 2.05) is 30.5 Å². The predicted molar refractivity (Wildman–Crippen MR) is 63.4 cm³/mol. The Labute approximate surface area is 98.0 Å². The number of alkyl halides is 1. The first-order valence-corrected chi connectivity index (χ1v) is 6.03. The molecule has 0 bridgehead atoms. The maximum absolute atomic E-state index is 6.26. The van der Waals surface area contributed by atoms with Gasteiger partial charge in [0.05, 0.1) is 16.1 Å². The van der Waals surface area contributed by atoms with Crippen molar-refractivity contribution in [3.63, 3.8) is 0 Å². The lowest BCUT2D eigenvalue weighted by Crippen LogP contribution is -1.98. The fraction of sp³-hybridized carbons (Fsp3) is 0.273. The van der Waals surface area contributed by atoms with E-state index in [9.17, 15) is 0 Å². The van der Waals surface area contributed by atoms with Crippen LogP contribution in [0.3, 0.4) is 0 Å². The van der Waals surface area contributed by atoms with E-state index in [0.717, 1.165) is 22.8 Å². The maximum atomic E-state index is 6.26. The summed E-state index contributed by atoms with van der Waals surface area (Å²) in [4.78, 5) is 8.61. The Kier molecular flexibility index (Phi) is 3.34. The van der Waals surface area contributed by atoms with Crippen LogP contribution in [0.5, 0.6) is 0 Å². The van der Waals surface area contributed by atoms with E-state index < -0.39 is 0 Å². The molecule has 0 aliphatic carbocycles. The second-order valence-corrected chi connectivity index (χ2v) is 4.87. The van der Waals surface area contributed by atoms with Crippen LogP contribution in [0.25, 0.3) is 0 Å². The van der Waals surface area contributed by atoms with Crippen molar-refractivity contribution in [2.45, 2.75) is 18.7 Å². The van der Waals surface area contributed by atoms with E-state index in [1.54, 1.807) is 17.5 Å². The highest BCUT2D eigenvalue weighted by molar-refractivity contribution is 7.09. The van der Waals surface area contributed by atoms with E-state index >= 15 is 0 Å². The quantitative estimate of drug-likeness (QED) is 0.767. The summed E-state index contributed by atoms with van der Waals surface area (Å²) in [6.45, 7) is 1.98. The van der Waals surface area contributed by atoms with Crippen LogP contribution in [0.1, 0.15) is 21.8 Å². The number of hydrogen-bond acceptors (Lipinski definition) is 3. The highest BCUT2D eigenvalue weighted by Crippen LogP contribution is 2.25. The van der Waals surface area contributed by atoms with Gasteiger partial charge in [-0.15, -0.1) is 22.9 Å². The molecule has 0 radical (unpaired) electrons. The van der Waals surface area contributed by atoms with E-state index in [0.29, 0.717) is 0 Å². The van der Waals surface area contributed by atoms with Crippen LogP contribution in [-0.2, 0) is 6.42 Å². The summed E-state index contributed by atoms with van der Waals surface area (Å²) in [5, 5.41) is 2.98. The number of pyridine rings is 1. The predicted octanol–water partition coefficient (Wildman–Crippen LogP) is 3.37. The molecular weight excluding hydrogens is 228 g/mol. The number of hydrogen-bond donors (Lipinski definition) is 0. The molecule has 0 saturated heterocycles. The third-order valence-electron chi connectivity index (χ3n) is 2.07. The molecule has 0 N–H and O–H groups in total. The second-order valence-electron chi connectivity index (χ2n) is 3.28. The average molecular weight is 239 g/mol. The molecule has 0 aliphatic rings. The fourth-order valence-electron chi connectivity index (χ4n) is 1.33. The Hall–Kier alpha value is -0.930. The molecule has 2 heterocycles. The van der Waals surface area contributed by atoms with Gasteiger partial charge in [0.2, 0.25) is 0 Å². The lowest BCUT2D eigenvalue weighted by Gasteiger charge is -2.05. The molecule has 15 heavy (non-hydrogen) atoms. The van der Waals surface area contributed by atoms with Gasteiger partial charge in [0.1, 0.15) is 0 Å².